The number of ketones is 1. The van der Waals surface area contributed by atoms with E-state index in [4.69, 9.17) is 17.2 Å². The number of pyridine rings is 1. The summed E-state index contributed by atoms with van der Waals surface area (Å²) >= 11 is 1.22. The number of nitrogens with two attached hydrogens (primary N) is 3. The number of nitrogen functional groups attached to an aromatic ring is 1. The minimum Gasteiger partial charge on any atom is -0.398 e. The molecule has 6 rings (SSSR count). The molecule has 0 spiro atoms. The van der Waals surface area contributed by atoms with Gasteiger partial charge in [0.1, 0.15) is 5.54 Å². The quantitative estimate of drug-likeness (QED) is 0.222. The van der Waals surface area contributed by atoms with Crippen molar-refractivity contribution in [3.8, 4) is 11.3 Å². The first-order valence-corrected chi connectivity index (χ1v) is 14.6. The standard InChI is InChI=1S/C31H32N6O3S/c1-2-23(38)36-20-9-6-10-21(20)37-30(40)28-25-24-18(11-12-19(32)27(24)41-28)31(34,29(39)26(25)33)17-13-14-35-22(15-17)16-7-4-3-5-8-16/h3-5,7-8,11-15,20-21,26H,2,6,9-10,32-34H2,1H3,(H,36,38)(H,37,40)/t20-,21+,26?,31?/m1/s1. The van der Waals surface area contributed by atoms with Crippen LogP contribution in [0.25, 0.3) is 21.3 Å². The molecule has 2 amide bonds. The van der Waals surface area contributed by atoms with Crippen molar-refractivity contribution in [3.05, 3.63) is 82.4 Å². The first-order chi connectivity index (χ1) is 19.7. The second kappa shape index (κ2) is 10.4. The van der Waals surface area contributed by atoms with Crippen molar-refractivity contribution in [2.45, 2.75) is 56.3 Å². The van der Waals surface area contributed by atoms with Gasteiger partial charge in [-0.05, 0) is 48.6 Å². The Morgan fingerprint density at radius 3 is 2.54 bits per heavy atom. The van der Waals surface area contributed by atoms with Crippen LogP contribution in [0.4, 0.5) is 5.69 Å². The normalized spacial score (nSPS) is 23.5. The predicted octanol–water partition coefficient (Wildman–Crippen LogP) is 3.51. The van der Waals surface area contributed by atoms with Gasteiger partial charge in [0.25, 0.3) is 5.91 Å². The lowest BCUT2D eigenvalue weighted by Crippen LogP contribution is -2.53. The number of hydrogen-bond donors (Lipinski definition) is 5. The number of thiophene rings is 1. The highest BCUT2D eigenvalue weighted by Gasteiger charge is 2.49. The first-order valence-electron chi connectivity index (χ1n) is 13.8. The maximum absolute atomic E-state index is 14.1. The van der Waals surface area contributed by atoms with Gasteiger partial charge < -0.3 is 27.8 Å². The predicted molar refractivity (Wildman–Crippen MR) is 160 cm³/mol. The molecular weight excluding hydrogens is 536 g/mol. The van der Waals surface area contributed by atoms with Crippen molar-refractivity contribution >= 4 is 44.7 Å². The Hall–Kier alpha value is -4.12. The van der Waals surface area contributed by atoms with Gasteiger partial charge in [0.15, 0.2) is 5.78 Å². The molecule has 2 heterocycles. The fourth-order valence-corrected chi connectivity index (χ4v) is 7.34. The minimum absolute atomic E-state index is 0.0519. The van der Waals surface area contributed by atoms with Crippen molar-refractivity contribution in [2.75, 3.05) is 5.73 Å². The lowest BCUT2D eigenvalue weighted by Gasteiger charge is -2.36. The van der Waals surface area contributed by atoms with Crippen LogP contribution in [0, 0.1) is 0 Å². The summed E-state index contributed by atoms with van der Waals surface area (Å²) in [6.45, 7) is 1.80. The smallest absolute Gasteiger partial charge is 0.262 e. The molecule has 2 unspecified atom stereocenters. The van der Waals surface area contributed by atoms with Crippen molar-refractivity contribution < 1.29 is 14.4 Å². The Balaban J connectivity index is 1.44. The monoisotopic (exact) mass is 568 g/mol. The van der Waals surface area contributed by atoms with Gasteiger partial charge in [0.2, 0.25) is 5.91 Å². The van der Waals surface area contributed by atoms with Gasteiger partial charge in [-0.25, -0.2) is 0 Å². The molecule has 0 aliphatic heterocycles. The molecule has 2 aliphatic carbocycles. The molecule has 2 aromatic heterocycles. The van der Waals surface area contributed by atoms with Crippen LogP contribution in [0.5, 0.6) is 0 Å². The number of carbonyl (C=O) groups excluding carboxylic acids is 3. The van der Waals surface area contributed by atoms with Crippen LogP contribution in [0.1, 0.15) is 65.0 Å². The Bertz CT molecular complexity index is 1690. The summed E-state index contributed by atoms with van der Waals surface area (Å²) in [6.07, 6.45) is 4.44. The molecule has 0 bridgehead atoms. The van der Waals surface area contributed by atoms with Gasteiger partial charge in [-0.1, -0.05) is 43.3 Å². The van der Waals surface area contributed by atoms with Gasteiger partial charge in [-0.2, -0.15) is 0 Å². The lowest BCUT2D eigenvalue weighted by molar-refractivity contribution is -0.124. The van der Waals surface area contributed by atoms with Crippen LogP contribution in [-0.2, 0) is 15.1 Å². The third kappa shape index (κ3) is 4.39. The molecule has 210 valence electrons. The number of nitrogens with zero attached hydrogens (tertiary/aromatic N) is 1. The van der Waals surface area contributed by atoms with E-state index in [0.717, 1.165) is 24.8 Å². The van der Waals surface area contributed by atoms with E-state index in [0.29, 0.717) is 49.5 Å². The van der Waals surface area contributed by atoms with Crippen LogP contribution < -0.4 is 27.8 Å². The van der Waals surface area contributed by atoms with Crippen molar-refractivity contribution in [3.63, 3.8) is 0 Å². The number of benzene rings is 2. The number of Topliss-reactive ketones (excluding diaryl/α,β-unsaturated/α-hetero) is 1. The van der Waals surface area contributed by atoms with Crippen molar-refractivity contribution in [1.82, 2.24) is 15.6 Å². The summed E-state index contributed by atoms with van der Waals surface area (Å²) < 4.78 is 0.667. The Morgan fingerprint density at radius 2 is 1.80 bits per heavy atom. The fourth-order valence-electron chi connectivity index (χ4n) is 6.14. The molecule has 2 aromatic carbocycles. The van der Waals surface area contributed by atoms with E-state index in [1.165, 1.54) is 11.3 Å². The second-order valence-electron chi connectivity index (χ2n) is 10.7. The highest BCUT2D eigenvalue weighted by atomic mass is 32.1. The zero-order valence-corrected chi connectivity index (χ0v) is 23.5. The summed E-state index contributed by atoms with van der Waals surface area (Å²) in [5, 5.41) is 6.76. The second-order valence-corrected chi connectivity index (χ2v) is 11.8. The van der Waals surface area contributed by atoms with Crippen LogP contribution in [0.2, 0.25) is 0 Å². The third-order valence-corrected chi connectivity index (χ3v) is 9.56. The van der Waals surface area contributed by atoms with Crippen LogP contribution in [0.15, 0.2) is 60.8 Å². The molecule has 4 aromatic rings. The van der Waals surface area contributed by atoms with Gasteiger partial charge in [-0.15, -0.1) is 11.3 Å². The number of carbonyl (C=O) groups is 3. The van der Waals surface area contributed by atoms with E-state index >= 15 is 0 Å². The Labute approximate surface area is 241 Å². The molecule has 1 fully saturated rings. The topological polar surface area (TPSA) is 166 Å². The molecule has 41 heavy (non-hydrogen) atoms. The summed E-state index contributed by atoms with van der Waals surface area (Å²) in [7, 11) is 0. The maximum Gasteiger partial charge on any atom is 0.262 e. The van der Waals surface area contributed by atoms with Crippen molar-refractivity contribution in [1.29, 1.82) is 0 Å². The van der Waals surface area contributed by atoms with E-state index in [9.17, 15) is 14.4 Å². The van der Waals surface area contributed by atoms with Crippen LogP contribution in [-0.4, -0.2) is 34.7 Å². The largest absolute Gasteiger partial charge is 0.398 e. The van der Waals surface area contributed by atoms with Gasteiger partial charge >= 0.3 is 0 Å². The lowest BCUT2D eigenvalue weighted by atomic mass is 9.70. The average Bonchev–Trinajstić information content (AvgIpc) is 3.61. The van der Waals surface area contributed by atoms with Crippen molar-refractivity contribution in [2.24, 2.45) is 11.5 Å². The highest BCUT2D eigenvalue weighted by molar-refractivity contribution is 7.21. The van der Waals surface area contributed by atoms with Gasteiger partial charge in [0.05, 0.1) is 21.3 Å². The molecule has 0 radical (unpaired) electrons. The zero-order chi connectivity index (χ0) is 28.9. The average molecular weight is 569 g/mol. The highest BCUT2D eigenvalue weighted by Crippen LogP contribution is 2.49. The third-order valence-electron chi connectivity index (χ3n) is 8.30. The number of anilines is 1. The van der Waals surface area contributed by atoms with E-state index < -0.39 is 17.4 Å². The Morgan fingerprint density at radius 1 is 1.07 bits per heavy atom. The molecular formula is C31H32N6O3S. The van der Waals surface area contributed by atoms with Gasteiger partial charge in [-0.3, -0.25) is 19.4 Å². The van der Waals surface area contributed by atoms with E-state index in [1.807, 2.05) is 36.4 Å². The molecule has 1 saturated carbocycles. The number of nitrogens with one attached hydrogen (secondary N) is 2. The van der Waals surface area contributed by atoms with Crippen LogP contribution >= 0.6 is 11.3 Å². The molecule has 10 heteroatoms. The van der Waals surface area contributed by atoms with Crippen LogP contribution in [0.3, 0.4) is 0 Å². The SMILES string of the molecule is CCC(=O)N[C@@H]1CCC[C@@H]1NC(=O)c1sc2c(N)ccc3c2c1C(N)C(=O)C3(N)c1ccnc(-c2ccccc2)c1. The molecule has 0 saturated heterocycles. The number of rotatable bonds is 6. The Kier molecular flexibility index (Phi) is 6.85. The number of hydrogen-bond acceptors (Lipinski definition) is 8. The minimum atomic E-state index is -1.57. The number of amides is 2. The first kappa shape index (κ1) is 27.1. The maximum atomic E-state index is 14.1. The number of aromatic nitrogens is 1. The zero-order valence-electron chi connectivity index (χ0n) is 22.6. The molecule has 9 nitrogen and oxygen atoms in total. The van der Waals surface area contributed by atoms with Gasteiger partial charge in [0, 0.05) is 46.9 Å². The fraction of sp³-hybridized carbons (Fsp3) is 0.290. The summed E-state index contributed by atoms with van der Waals surface area (Å²) in [5.74, 6) is -0.802. The van der Waals surface area contributed by atoms with E-state index in [2.05, 4.69) is 15.6 Å². The molecule has 8 N–H and O–H groups in total. The molecule has 4 atom stereocenters. The summed E-state index contributed by atoms with van der Waals surface area (Å²) in [6, 6.07) is 15.2. The van der Waals surface area contributed by atoms with E-state index in [-0.39, 0.29) is 23.9 Å². The molecule has 2 aliphatic rings. The van der Waals surface area contributed by atoms with E-state index in [1.54, 1.807) is 31.3 Å². The summed E-state index contributed by atoms with van der Waals surface area (Å²) in [4.78, 5) is 44.7. The summed E-state index contributed by atoms with van der Waals surface area (Å²) in [5.41, 5.74) is 22.1.